The number of para-hydroxylation sites is 1. The van der Waals surface area contributed by atoms with Gasteiger partial charge in [0.2, 0.25) is 17.6 Å². The van der Waals surface area contributed by atoms with Crippen LogP contribution in [-0.4, -0.2) is 70.5 Å². The number of carbonyl (C=O) groups excluding carboxylic acids is 5. The van der Waals surface area contributed by atoms with E-state index in [-0.39, 0.29) is 41.5 Å². The van der Waals surface area contributed by atoms with E-state index in [0.717, 1.165) is 10.9 Å². The maximum atomic E-state index is 13.8. The number of hydrogen-bond donors (Lipinski definition) is 4. The third kappa shape index (κ3) is 4.56. The first kappa shape index (κ1) is 25.9. The Morgan fingerprint density at radius 1 is 1.13 bits per heavy atom. The molecule has 0 unspecified atom stereocenters. The number of nitrogens with zero attached hydrogens (tertiary/aromatic N) is 1. The molecule has 0 radical (unpaired) electrons. The van der Waals surface area contributed by atoms with Gasteiger partial charge in [-0.2, -0.15) is 0 Å². The molecule has 3 aliphatic rings. The van der Waals surface area contributed by atoms with Gasteiger partial charge in [0.1, 0.15) is 11.7 Å². The molecule has 5 rings (SSSR count). The number of nitrogens with one attached hydrogen (secondary N) is 4. The molecule has 2 aliphatic heterocycles. The molecule has 4 amide bonds. The number of H-pyrrole nitrogens is 1. The van der Waals surface area contributed by atoms with E-state index in [4.69, 9.17) is 0 Å². The SMILES string of the molecule is CC(C)NC(=O)C(=O)[C@H](C[C@@H]1CCNC1=O)NC(=O)[C@@H]1[C@@H]2[C@H](CN1C(=O)c1cc3ccccc3[nH]1)C2(C)C. The maximum Gasteiger partial charge on any atom is 0.289 e. The molecule has 10 nitrogen and oxygen atoms in total. The Kier molecular flexibility index (Phi) is 6.53. The van der Waals surface area contributed by atoms with E-state index < -0.39 is 35.6 Å². The highest BCUT2D eigenvalue weighted by Crippen LogP contribution is 2.65. The van der Waals surface area contributed by atoms with Crippen LogP contribution in [0.5, 0.6) is 0 Å². The van der Waals surface area contributed by atoms with Crippen molar-refractivity contribution >= 4 is 40.3 Å². The van der Waals surface area contributed by atoms with E-state index >= 15 is 0 Å². The number of fused-ring (bicyclic) bond motifs is 2. The summed E-state index contributed by atoms with van der Waals surface area (Å²) in [5.41, 5.74) is 1.10. The molecular formula is C28H35N5O5. The van der Waals surface area contributed by atoms with Gasteiger partial charge in [0.05, 0.1) is 6.04 Å². The highest BCUT2D eigenvalue weighted by Gasteiger charge is 2.69. The molecule has 2 aromatic rings. The molecule has 5 atom stereocenters. The van der Waals surface area contributed by atoms with Crippen molar-refractivity contribution in [2.24, 2.45) is 23.2 Å². The highest BCUT2D eigenvalue weighted by atomic mass is 16.2. The summed E-state index contributed by atoms with van der Waals surface area (Å²) in [5, 5.41) is 9.01. The van der Waals surface area contributed by atoms with Crippen molar-refractivity contribution in [3.63, 3.8) is 0 Å². The lowest BCUT2D eigenvalue weighted by molar-refractivity contribution is -0.141. The molecule has 0 spiro atoms. The first-order valence-electron chi connectivity index (χ1n) is 13.3. The standard InChI is InChI=1S/C28H35N5O5/c1-14(2)30-26(37)23(34)19(12-16-9-10-29-24(16)35)32-25(36)22-21-17(28(21,3)4)13-33(22)27(38)20-11-15-7-5-6-8-18(15)31-20/h5-8,11,14,16-17,19,21-22,31H,9-10,12-13H2,1-4H3,(H,29,35)(H,30,37)(H,32,36)/t16-,17-,19-,21-,22-/m0/s1. The Morgan fingerprint density at radius 3 is 2.53 bits per heavy atom. The van der Waals surface area contributed by atoms with E-state index in [2.05, 4.69) is 34.8 Å². The number of ketones is 1. The van der Waals surface area contributed by atoms with E-state index in [9.17, 15) is 24.0 Å². The van der Waals surface area contributed by atoms with Crippen molar-refractivity contribution in [1.82, 2.24) is 25.8 Å². The summed E-state index contributed by atoms with van der Waals surface area (Å²) in [4.78, 5) is 70.1. The second-order valence-electron chi connectivity index (χ2n) is 11.7. The number of Topliss-reactive ketones (excluding diaryl/α,β-unsaturated/α-hetero) is 1. The van der Waals surface area contributed by atoms with Crippen LogP contribution >= 0.6 is 0 Å². The van der Waals surface area contributed by atoms with Crippen LogP contribution in [0, 0.1) is 23.2 Å². The smallest absolute Gasteiger partial charge is 0.289 e. The van der Waals surface area contributed by atoms with Gasteiger partial charge in [-0.15, -0.1) is 0 Å². The van der Waals surface area contributed by atoms with Crippen LogP contribution in [0.25, 0.3) is 10.9 Å². The number of carbonyl (C=O) groups is 5. The van der Waals surface area contributed by atoms with Gasteiger partial charge < -0.3 is 25.8 Å². The molecule has 1 saturated carbocycles. The lowest BCUT2D eigenvalue weighted by Crippen LogP contribution is -2.56. The molecule has 38 heavy (non-hydrogen) atoms. The number of benzene rings is 1. The number of rotatable bonds is 8. The van der Waals surface area contributed by atoms with Crippen LogP contribution in [0.15, 0.2) is 30.3 Å². The number of aromatic amines is 1. The van der Waals surface area contributed by atoms with Gasteiger partial charge in [0.25, 0.3) is 11.8 Å². The molecule has 0 bridgehead atoms. The quantitative estimate of drug-likeness (QED) is 0.389. The van der Waals surface area contributed by atoms with Gasteiger partial charge in [0.15, 0.2) is 0 Å². The Hall–Kier alpha value is -3.69. The fourth-order valence-electron chi connectivity index (χ4n) is 6.27. The summed E-state index contributed by atoms with van der Waals surface area (Å²) < 4.78 is 0. The molecule has 1 aliphatic carbocycles. The van der Waals surface area contributed by atoms with Crippen molar-refractivity contribution in [1.29, 1.82) is 0 Å². The van der Waals surface area contributed by atoms with Crippen LogP contribution in [0.2, 0.25) is 0 Å². The predicted molar refractivity (Wildman–Crippen MR) is 140 cm³/mol. The third-order valence-corrected chi connectivity index (χ3v) is 8.46. The summed E-state index contributed by atoms with van der Waals surface area (Å²) in [6.45, 7) is 8.56. The topological polar surface area (TPSA) is 140 Å². The zero-order valence-corrected chi connectivity index (χ0v) is 22.2. The van der Waals surface area contributed by atoms with Gasteiger partial charge >= 0.3 is 0 Å². The fraction of sp³-hybridized carbons (Fsp3) is 0.536. The Balaban J connectivity index is 1.39. The average Bonchev–Trinajstić information content (AvgIpc) is 3.38. The maximum absolute atomic E-state index is 13.8. The molecule has 1 aromatic carbocycles. The Labute approximate surface area is 221 Å². The predicted octanol–water partition coefficient (Wildman–Crippen LogP) is 1.37. The lowest BCUT2D eigenvalue weighted by atomic mass is 9.94. The molecule has 1 aromatic heterocycles. The van der Waals surface area contributed by atoms with Crippen LogP contribution in [0.1, 0.15) is 51.0 Å². The van der Waals surface area contributed by atoms with Gasteiger partial charge in [-0.1, -0.05) is 32.0 Å². The van der Waals surface area contributed by atoms with E-state index in [0.29, 0.717) is 25.2 Å². The summed E-state index contributed by atoms with van der Waals surface area (Å²) in [6.07, 6.45) is 0.554. The third-order valence-electron chi connectivity index (χ3n) is 8.46. The average molecular weight is 522 g/mol. The summed E-state index contributed by atoms with van der Waals surface area (Å²) >= 11 is 0. The zero-order chi connectivity index (χ0) is 27.4. The van der Waals surface area contributed by atoms with E-state index in [1.807, 2.05) is 24.3 Å². The minimum atomic E-state index is -1.17. The van der Waals surface area contributed by atoms with Crippen molar-refractivity contribution in [3.8, 4) is 0 Å². The molecule has 4 N–H and O–H groups in total. The molecule has 202 valence electrons. The molecule has 10 heteroatoms. The Bertz CT molecular complexity index is 1280. The largest absolute Gasteiger partial charge is 0.356 e. The molecular weight excluding hydrogens is 486 g/mol. The first-order valence-corrected chi connectivity index (χ1v) is 13.3. The van der Waals surface area contributed by atoms with Crippen LogP contribution in [0.3, 0.4) is 0 Å². The number of hydrogen-bond acceptors (Lipinski definition) is 5. The van der Waals surface area contributed by atoms with Crippen molar-refractivity contribution < 1.29 is 24.0 Å². The van der Waals surface area contributed by atoms with Gasteiger partial charge in [-0.05, 0) is 56.1 Å². The second kappa shape index (κ2) is 9.56. The van der Waals surface area contributed by atoms with Crippen LogP contribution in [-0.2, 0) is 19.2 Å². The number of piperidine rings is 1. The van der Waals surface area contributed by atoms with Crippen LogP contribution in [0.4, 0.5) is 0 Å². The van der Waals surface area contributed by atoms with Crippen molar-refractivity contribution in [2.45, 2.75) is 58.7 Å². The summed E-state index contributed by atoms with van der Waals surface area (Å²) in [6, 6.07) is 7.15. The molecule has 3 fully saturated rings. The summed E-state index contributed by atoms with van der Waals surface area (Å²) in [7, 11) is 0. The zero-order valence-electron chi connectivity index (χ0n) is 22.2. The minimum Gasteiger partial charge on any atom is -0.356 e. The number of aromatic nitrogens is 1. The molecule has 2 saturated heterocycles. The van der Waals surface area contributed by atoms with Crippen molar-refractivity contribution in [2.75, 3.05) is 13.1 Å². The highest BCUT2D eigenvalue weighted by molar-refractivity contribution is 6.38. The summed E-state index contributed by atoms with van der Waals surface area (Å²) in [5.74, 6) is -2.91. The Morgan fingerprint density at radius 2 is 1.87 bits per heavy atom. The molecule has 3 heterocycles. The van der Waals surface area contributed by atoms with E-state index in [1.54, 1.807) is 24.8 Å². The number of likely N-dealkylation sites (tertiary alicyclic amines) is 1. The minimum absolute atomic E-state index is 0.0299. The second-order valence-corrected chi connectivity index (χ2v) is 11.7. The van der Waals surface area contributed by atoms with Crippen LogP contribution < -0.4 is 16.0 Å². The monoisotopic (exact) mass is 521 g/mol. The van der Waals surface area contributed by atoms with E-state index in [1.165, 1.54) is 0 Å². The van der Waals surface area contributed by atoms with Crippen molar-refractivity contribution in [3.05, 3.63) is 36.0 Å². The van der Waals surface area contributed by atoms with Gasteiger partial charge in [0, 0.05) is 36.0 Å². The lowest BCUT2D eigenvalue weighted by Gasteiger charge is -2.31. The number of amides is 4. The fourth-order valence-corrected chi connectivity index (χ4v) is 6.27. The first-order chi connectivity index (χ1) is 18.0. The van der Waals surface area contributed by atoms with Gasteiger partial charge in [-0.3, -0.25) is 24.0 Å². The van der Waals surface area contributed by atoms with Gasteiger partial charge in [-0.25, -0.2) is 0 Å². The normalized spacial score (nSPS) is 26.1.